The molecule has 0 saturated carbocycles. The maximum Gasteiger partial charge on any atom is 0.0585 e. The standard InChI is InChI=1S/C9H12BrNO/c10-9-4-2-1-3-7(9)5-8(11)6-12/h1-4,8,12H,5-6,11H2/t8-/m0/s1. The number of benzene rings is 1. The van der Waals surface area contributed by atoms with Crippen molar-refractivity contribution in [3.05, 3.63) is 34.3 Å². The molecule has 0 fully saturated rings. The van der Waals surface area contributed by atoms with Crippen molar-refractivity contribution in [3.8, 4) is 0 Å². The maximum absolute atomic E-state index is 8.75. The molecule has 1 aromatic carbocycles. The minimum atomic E-state index is -0.163. The maximum atomic E-state index is 8.75. The van der Waals surface area contributed by atoms with Crippen LogP contribution < -0.4 is 5.73 Å². The molecule has 0 heterocycles. The Bertz CT molecular complexity index is 252. The van der Waals surface area contributed by atoms with Crippen molar-refractivity contribution in [3.63, 3.8) is 0 Å². The number of halogens is 1. The molecule has 0 saturated heterocycles. The van der Waals surface area contributed by atoms with Gasteiger partial charge in [-0.3, -0.25) is 0 Å². The summed E-state index contributed by atoms with van der Waals surface area (Å²) in [5.74, 6) is 0. The Kier molecular flexibility index (Phi) is 3.72. The number of aliphatic hydroxyl groups is 1. The fourth-order valence-electron chi connectivity index (χ4n) is 1.01. The van der Waals surface area contributed by atoms with Crippen LogP contribution in [0, 0.1) is 0 Å². The van der Waals surface area contributed by atoms with Crippen molar-refractivity contribution in [2.24, 2.45) is 5.73 Å². The first-order valence-corrected chi connectivity index (χ1v) is 4.63. The Labute approximate surface area is 80.5 Å². The first-order chi connectivity index (χ1) is 5.74. The second kappa shape index (κ2) is 4.60. The van der Waals surface area contributed by atoms with Crippen molar-refractivity contribution in [1.82, 2.24) is 0 Å². The second-order valence-electron chi connectivity index (χ2n) is 2.74. The lowest BCUT2D eigenvalue weighted by molar-refractivity contribution is 0.265. The Balaban J connectivity index is 2.69. The molecule has 3 heteroatoms. The topological polar surface area (TPSA) is 46.2 Å². The first kappa shape index (κ1) is 9.71. The van der Waals surface area contributed by atoms with Gasteiger partial charge in [-0.15, -0.1) is 0 Å². The van der Waals surface area contributed by atoms with Crippen molar-refractivity contribution in [1.29, 1.82) is 0 Å². The quantitative estimate of drug-likeness (QED) is 0.822. The zero-order valence-electron chi connectivity index (χ0n) is 6.70. The van der Waals surface area contributed by atoms with Crippen LogP contribution in [-0.2, 0) is 6.42 Å². The van der Waals surface area contributed by atoms with E-state index >= 15 is 0 Å². The van der Waals surface area contributed by atoms with Crippen LogP contribution in [0.2, 0.25) is 0 Å². The van der Waals surface area contributed by atoms with Gasteiger partial charge in [0.15, 0.2) is 0 Å². The molecular formula is C9H12BrNO. The van der Waals surface area contributed by atoms with Crippen LogP contribution in [0.4, 0.5) is 0 Å². The Morgan fingerprint density at radius 1 is 1.42 bits per heavy atom. The molecule has 0 unspecified atom stereocenters. The molecule has 3 N–H and O–H groups in total. The van der Waals surface area contributed by atoms with Crippen molar-refractivity contribution in [2.45, 2.75) is 12.5 Å². The molecule has 0 aliphatic carbocycles. The Morgan fingerprint density at radius 2 is 2.08 bits per heavy atom. The zero-order chi connectivity index (χ0) is 8.97. The van der Waals surface area contributed by atoms with Gasteiger partial charge in [0.2, 0.25) is 0 Å². The summed E-state index contributed by atoms with van der Waals surface area (Å²) in [5.41, 5.74) is 6.74. The first-order valence-electron chi connectivity index (χ1n) is 3.84. The molecule has 1 aromatic rings. The van der Waals surface area contributed by atoms with Crippen LogP contribution in [0.15, 0.2) is 28.7 Å². The average molecular weight is 230 g/mol. The largest absolute Gasteiger partial charge is 0.395 e. The summed E-state index contributed by atoms with van der Waals surface area (Å²) in [6.07, 6.45) is 0.706. The van der Waals surface area contributed by atoms with Gasteiger partial charge in [-0.25, -0.2) is 0 Å². The van der Waals surface area contributed by atoms with E-state index in [4.69, 9.17) is 10.8 Å². The Hall–Kier alpha value is -0.380. The molecule has 0 radical (unpaired) electrons. The van der Waals surface area contributed by atoms with Crippen molar-refractivity contribution in [2.75, 3.05) is 6.61 Å². The van der Waals surface area contributed by atoms with Gasteiger partial charge >= 0.3 is 0 Å². The predicted molar refractivity (Wildman–Crippen MR) is 52.9 cm³/mol. The molecule has 1 rings (SSSR count). The molecule has 12 heavy (non-hydrogen) atoms. The van der Waals surface area contributed by atoms with Crippen LogP contribution in [-0.4, -0.2) is 17.8 Å². The molecule has 0 aliphatic rings. The van der Waals surface area contributed by atoms with Crippen LogP contribution >= 0.6 is 15.9 Å². The van der Waals surface area contributed by atoms with Gasteiger partial charge in [-0.05, 0) is 18.1 Å². The fourth-order valence-corrected chi connectivity index (χ4v) is 1.46. The molecule has 66 valence electrons. The summed E-state index contributed by atoms with van der Waals surface area (Å²) < 4.78 is 1.05. The van der Waals surface area contributed by atoms with Gasteiger partial charge in [0.25, 0.3) is 0 Å². The highest BCUT2D eigenvalue weighted by atomic mass is 79.9. The van der Waals surface area contributed by atoms with E-state index in [9.17, 15) is 0 Å². The van der Waals surface area contributed by atoms with Gasteiger partial charge in [0, 0.05) is 10.5 Å². The van der Waals surface area contributed by atoms with E-state index < -0.39 is 0 Å². The molecule has 0 aliphatic heterocycles. The molecule has 0 aromatic heterocycles. The lowest BCUT2D eigenvalue weighted by Crippen LogP contribution is -2.26. The van der Waals surface area contributed by atoms with E-state index in [1.165, 1.54) is 0 Å². The third-order valence-electron chi connectivity index (χ3n) is 1.67. The molecule has 1 atom stereocenters. The predicted octanol–water partition coefficient (Wildman–Crippen LogP) is 1.31. The van der Waals surface area contributed by atoms with Gasteiger partial charge in [-0.2, -0.15) is 0 Å². The van der Waals surface area contributed by atoms with Crippen molar-refractivity contribution < 1.29 is 5.11 Å². The lowest BCUT2D eigenvalue weighted by atomic mass is 10.1. The second-order valence-corrected chi connectivity index (χ2v) is 3.59. The van der Waals surface area contributed by atoms with E-state index in [2.05, 4.69) is 15.9 Å². The van der Waals surface area contributed by atoms with Gasteiger partial charge in [0.05, 0.1) is 6.61 Å². The summed E-state index contributed by atoms with van der Waals surface area (Å²) in [7, 11) is 0. The number of rotatable bonds is 3. The molecule has 2 nitrogen and oxygen atoms in total. The average Bonchev–Trinajstić information content (AvgIpc) is 2.09. The molecule has 0 spiro atoms. The van der Waals surface area contributed by atoms with Crippen LogP contribution in [0.5, 0.6) is 0 Å². The highest BCUT2D eigenvalue weighted by molar-refractivity contribution is 9.10. The van der Waals surface area contributed by atoms with Crippen LogP contribution in [0.3, 0.4) is 0 Å². The summed E-state index contributed by atoms with van der Waals surface area (Å²) in [6, 6.07) is 7.73. The van der Waals surface area contributed by atoms with E-state index in [1.807, 2.05) is 24.3 Å². The number of aliphatic hydroxyl groups excluding tert-OH is 1. The van der Waals surface area contributed by atoms with Gasteiger partial charge in [0.1, 0.15) is 0 Å². The van der Waals surface area contributed by atoms with Gasteiger partial charge in [-0.1, -0.05) is 34.1 Å². The van der Waals surface area contributed by atoms with E-state index in [0.29, 0.717) is 6.42 Å². The summed E-state index contributed by atoms with van der Waals surface area (Å²) in [4.78, 5) is 0. The SMILES string of the molecule is N[C@H](CO)Cc1ccccc1Br. The third-order valence-corrected chi connectivity index (χ3v) is 2.45. The number of hydrogen-bond donors (Lipinski definition) is 2. The number of hydrogen-bond acceptors (Lipinski definition) is 2. The van der Waals surface area contributed by atoms with E-state index in [0.717, 1.165) is 10.0 Å². The lowest BCUT2D eigenvalue weighted by Gasteiger charge is -2.08. The van der Waals surface area contributed by atoms with Crippen molar-refractivity contribution >= 4 is 15.9 Å². The summed E-state index contributed by atoms with van der Waals surface area (Å²) in [5, 5.41) is 8.75. The summed E-state index contributed by atoms with van der Waals surface area (Å²) >= 11 is 3.42. The van der Waals surface area contributed by atoms with Gasteiger partial charge < -0.3 is 10.8 Å². The third kappa shape index (κ3) is 2.59. The Morgan fingerprint density at radius 3 is 2.67 bits per heavy atom. The smallest absolute Gasteiger partial charge is 0.0585 e. The fraction of sp³-hybridized carbons (Fsp3) is 0.333. The number of nitrogens with two attached hydrogens (primary N) is 1. The molecule has 0 amide bonds. The molecular weight excluding hydrogens is 218 g/mol. The van der Waals surface area contributed by atoms with Crippen LogP contribution in [0.25, 0.3) is 0 Å². The van der Waals surface area contributed by atoms with E-state index in [-0.39, 0.29) is 12.6 Å². The summed E-state index contributed by atoms with van der Waals surface area (Å²) in [6.45, 7) is 0.0291. The monoisotopic (exact) mass is 229 g/mol. The minimum absolute atomic E-state index is 0.0291. The normalized spacial score (nSPS) is 12.9. The highest BCUT2D eigenvalue weighted by Gasteiger charge is 2.04. The minimum Gasteiger partial charge on any atom is -0.395 e. The zero-order valence-corrected chi connectivity index (χ0v) is 8.29. The highest BCUT2D eigenvalue weighted by Crippen LogP contribution is 2.16. The molecule has 0 bridgehead atoms. The van der Waals surface area contributed by atoms with Crippen LogP contribution in [0.1, 0.15) is 5.56 Å². The van der Waals surface area contributed by atoms with E-state index in [1.54, 1.807) is 0 Å².